The zero-order valence-corrected chi connectivity index (χ0v) is 17.0. The predicted octanol–water partition coefficient (Wildman–Crippen LogP) is 4.18. The maximum absolute atomic E-state index is 13.3. The molecule has 6 nitrogen and oxygen atoms in total. The molecular formula is C22H24ClN3O3. The van der Waals surface area contributed by atoms with E-state index in [0.717, 1.165) is 30.5 Å². The molecule has 6 rings (SSSR count). The molecule has 2 N–H and O–H groups in total. The second kappa shape index (κ2) is 6.59. The van der Waals surface area contributed by atoms with E-state index in [1.807, 2.05) is 31.2 Å². The number of carboxylic acids is 1. The van der Waals surface area contributed by atoms with Crippen molar-refractivity contribution in [1.29, 1.82) is 0 Å². The van der Waals surface area contributed by atoms with Gasteiger partial charge in [0.15, 0.2) is 0 Å². The summed E-state index contributed by atoms with van der Waals surface area (Å²) in [6.07, 6.45) is 5.99. The number of benzene rings is 1. The van der Waals surface area contributed by atoms with Crippen molar-refractivity contribution in [1.82, 2.24) is 9.78 Å². The number of aromatic nitrogens is 2. The van der Waals surface area contributed by atoms with Crippen LogP contribution in [0, 0.1) is 30.6 Å². The summed E-state index contributed by atoms with van der Waals surface area (Å²) in [4.78, 5) is 25.5. The molecule has 1 aromatic carbocycles. The number of nitrogens with one attached hydrogen (secondary N) is 1. The Balaban J connectivity index is 1.57. The van der Waals surface area contributed by atoms with Gasteiger partial charge >= 0.3 is 5.97 Å². The maximum atomic E-state index is 13.3. The first-order chi connectivity index (χ1) is 13.9. The molecule has 1 heterocycles. The predicted molar refractivity (Wildman–Crippen MR) is 111 cm³/mol. The summed E-state index contributed by atoms with van der Waals surface area (Å²) >= 11 is 6.47. The quantitative estimate of drug-likeness (QED) is 0.785. The number of rotatable bonds is 4. The van der Waals surface area contributed by atoms with Crippen LogP contribution in [0.2, 0.25) is 5.02 Å². The SMILES string of the molecule is Cc1cccc(Nc2cnn(C34C[C@@H]5CC(C[C@H](C5)C3)[C@H]4C(=O)O)c(=O)c2Cl)c1. The van der Waals surface area contributed by atoms with Gasteiger partial charge in [0.05, 0.1) is 23.3 Å². The molecule has 0 saturated heterocycles. The number of halogens is 1. The molecule has 29 heavy (non-hydrogen) atoms. The van der Waals surface area contributed by atoms with Crippen molar-refractivity contribution in [3.63, 3.8) is 0 Å². The van der Waals surface area contributed by atoms with Crippen LogP contribution in [0.25, 0.3) is 0 Å². The van der Waals surface area contributed by atoms with Crippen molar-refractivity contribution >= 4 is 28.9 Å². The lowest BCUT2D eigenvalue weighted by Crippen LogP contribution is -2.63. The zero-order chi connectivity index (χ0) is 20.3. The van der Waals surface area contributed by atoms with E-state index >= 15 is 0 Å². The minimum Gasteiger partial charge on any atom is -0.481 e. The molecule has 3 atom stereocenters. The van der Waals surface area contributed by atoms with Crippen molar-refractivity contribution in [2.45, 2.75) is 44.6 Å². The Morgan fingerprint density at radius 1 is 1.28 bits per heavy atom. The van der Waals surface area contributed by atoms with Gasteiger partial charge < -0.3 is 10.4 Å². The number of aryl methyl sites for hydroxylation is 1. The highest BCUT2D eigenvalue weighted by Gasteiger charge is 2.61. The lowest BCUT2D eigenvalue weighted by molar-refractivity contribution is -0.168. The summed E-state index contributed by atoms with van der Waals surface area (Å²) in [6, 6.07) is 7.77. The van der Waals surface area contributed by atoms with Crippen LogP contribution >= 0.6 is 11.6 Å². The smallest absolute Gasteiger partial charge is 0.309 e. The van der Waals surface area contributed by atoms with Crippen molar-refractivity contribution in [2.24, 2.45) is 23.7 Å². The first kappa shape index (κ1) is 18.7. The van der Waals surface area contributed by atoms with Crippen molar-refractivity contribution in [2.75, 3.05) is 5.32 Å². The van der Waals surface area contributed by atoms with E-state index in [-0.39, 0.29) is 10.9 Å². The fraction of sp³-hybridized carbons (Fsp3) is 0.500. The fourth-order valence-corrected chi connectivity index (χ4v) is 6.63. The molecule has 1 aromatic heterocycles. The molecule has 0 spiro atoms. The molecule has 7 heteroatoms. The van der Waals surface area contributed by atoms with E-state index in [4.69, 9.17) is 11.6 Å². The summed E-state index contributed by atoms with van der Waals surface area (Å²) in [5.41, 5.74) is 1.19. The number of aliphatic carboxylic acids is 1. The average Bonchev–Trinajstić information content (AvgIpc) is 2.64. The van der Waals surface area contributed by atoms with Crippen molar-refractivity contribution in [3.05, 3.63) is 51.4 Å². The Kier molecular flexibility index (Phi) is 4.24. The number of anilines is 2. The molecule has 4 aliphatic rings. The molecule has 0 radical (unpaired) electrons. The molecule has 4 fully saturated rings. The van der Waals surface area contributed by atoms with E-state index in [2.05, 4.69) is 10.4 Å². The van der Waals surface area contributed by atoms with Gasteiger partial charge in [0.25, 0.3) is 5.56 Å². The summed E-state index contributed by atoms with van der Waals surface area (Å²) in [5, 5.41) is 17.7. The topological polar surface area (TPSA) is 84.2 Å². The van der Waals surface area contributed by atoms with Gasteiger partial charge in [-0.05, 0) is 74.5 Å². The van der Waals surface area contributed by atoms with Gasteiger partial charge in [-0.25, -0.2) is 4.68 Å². The molecule has 0 unspecified atom stereocenters. The third-order valence-electron chi connectivity index (χ3n) is 7.18. The summed E-state index contributed by atoms with van der Waals surface area (Å²) < 4.78 is 1.42. The number of nitrogens with zero attached hydrogens (tertiary/aromatic N) is 2. The molecule has 4 aliphatic carbocycles. The van der Waals surface area contributed by atoms with E-state index in [9.17, 15) is 14.7 Å². The highest BCUT2D eigenvalue weighted by Crippen LogP contribution is 2.61. The molecule has 152 valence electrons. The van der Waals surface area contributed by atoms with E-state index < -0.39 is 23.0 Å². The van der Waals surface area contributed by atoms with Crippen LogP contribution in [0.3, 0.4) is 0 Å². The summed E-state index contributed by atoms with van der Waals surface area (Å²) in [5.74, 6) is -0.328. The lowest BCUT2D eigenvalue weighted by Gasteiger charge is -2.59. The third-order valence-corrected chi connectivity index (χ3v) is 7.54. The second-order valence-corrected chi connectivity index (χ2v) is 9.49. The summed E-state index contributed by atoms with van der Waals surface area (Å²) in [6.45, 7) is 1.99. The zero-order valence-electron chi connectivity index (χ0n) is 16.3. The lowest BCUT2D eigenvalue weighted by atomic mass is 9.48. The number of carbonyl (C=O) groups is 1. The highest BCUT2D eigenvalue weighted by atomic mass is 35.5. The molecule has 2 aromatic rings. The second-order valence-electron chi connectivity index (χ2n) is 9.11. The average molecular weight is 414 g/mol. The van der Waals surface area contributed by atoms with E-state index in [0.29, 0.717) is 30.4 Å². The first-order valence-corrected chi connectivity index (χ1v) is 10.6. The standard InChI is InChI=1S/C22H24ClN3O3/c1-12-3-2-4-16(5-12)25-17-11-24-26(20(27)19(17)23)22-9-13-6-14(10-22)8-15(7-13)18(22)21(28)29/h2-5,11,13-15,18,25H,6-10H2,1H3,(H,28,29)/t13-,14-,15?,18-,22?/m0/s1. The van der Waals surface area contributed by atoms with Gasteiger partial charge in [0.1, 0.15) is 5.02 Å². The Morgan fingerprint density at radius 2 is 2.00 bits per heavy atom. The van der Waals surface area contributed by atoms with Gasteiger partial charge in [-0.3, -0.25) is 9.59 Å². The maximum Gasteiger partial charge on any atom is 0.309 e. The van der Waals surface area contributed by atoms with Crippen LogP contribution in [0.15, 0.2) is 35.3 Å². The van der Waals surface area contributed by atoms with Crippen LogP contribution < -0.4 is 10.9 Å². The highest BCUT2D eigenvalue weighted by molar-refractivity contribution is 6.33. The molecular weight excluding hydrogens is 390 g/mol. The third kappa shape index (κ3) is 2.88. The van der Waals surface area contributed by atoms with Gasteiger partial charge in [-0.1, -0.05) is 23.7 Å². The van der Waals surface area contributed by atoms with Crippen LogP contribution in [-0.4, -0.2) is 20.9 Å². The van der Waals surface area contributed by atoms with Crippen molar-refractivity contribution < 1.29 is 9.90 Å². The number of hydrogen-bond donors (Lipinski definition) is 2. The monoisotopic (exact) mass is 413 g/mol. The molecule has 0 aliphatic heterocycles. The molecule has 0 amide bonds. The van der Waals surface area contributed by atoms with E-state index in [1.165, 1.54) is 4.68 Å². The van der Waals surface area contributed by atoms with Gasteiger partial charge in [0, 0.05) is 5.69 Å². The first-order valence-electron chi connectivity index (χ1n) is 10.2. The van der Waals surface area contributed by atoms with Crippen LogP contribution in [0.4, 0.5) is 11.4 Å². The van der Waals surface area contributed by atoms with Crippen molar-refractivity contribution in [3.8, 4) is 0 Å². The Labute approximate surface area is 173 Å². The Morgan fingerprint density at radius 3 is 2.66 bits per heavy atom. The normalized spacial score (nSPS) is 32.3. The van der Waals surface area contributed by atoms with Crippen LogP contribution in [-0.2, 0) is 10.3 Å². The number of hydrogen-bond acceptors (Lipinski definition) is 4. The van der Waals surface area contributed by atoms with Gasteiger partial charge in [-0.2, -0.15) is 5.10 Å². The summed E-state index contributed by atoms with van der Waals surface area (Å²) in [7, 11) is 0. The van der Waals surface area contributed by atoms with E-state index in [1.54, 1.807) is 6.20 Å². The largest absolute Gasteiger partial charge is 0.481 e. The molecule has 4 saturated carbocycles. The number of carboxylic acid groups (broad SMARTS) is 1. The minimum absolute atomic E-state index is 0.0568. The minimum atomic E-state index is -0.819. The fourth-order valence-electron chi connectivity index (χ4n) is 6.45. The van der Waals surface area contributed by atoms with Crippen LogP contribution in [0.1, 0.15) is 37.7 Å². The van der Waals surface area contributed by atoms with Gasteiger partial charge in [0.2, 0.25) is 0 Å². The van der Waals surface area contributed by atoms with Gasteiger partial charge in [-0.15, -0.1) is 0 Å². The van der Waals surface area contributed by atoms with Crippen LogP contribution in [0.5, 0.6) is 0 Å². The molecule has 4 bridgehead atoms. The Bertz CT molecular complexity index is 1040. The Hall–Kier alpha value is -2.34.